The summed E-state index contributed by atoms with van der Waals surface area (Å²) < 4.78 is 11.0. The number of aliphatic hydroxyl groups excluding tert-OH is 1. The lowest BCUT2D eigenvalue weighted by Gasteiger charge is -2.16. The molecule has 1 amide bonds. The minimum Gasteiger partial charge on any atom is -0.491 e. The lowest BCUT2D eigenvalue weighted by molar-refractivity contribution is 0.0831. The second kappa shape index (κ2) is 7.72. The Morgan fingerprint density at radius 1 is 1.32 bits per heavy atom. The summed E-state index contributed by atoms with van der Waals surface area (Å²) in [7, 11) is 3.80. The molecule has 6 heteroatoms. The van der Waals surface area contributed by atoms with E-state index in [-0.39, 0.29) is 12.5 Å². The van der Waals surface area contributed by atoms with Crippen molar-refractivity contribution in [3.05, 3.63) is 47.9 Å². The number of nitrogens with one attached hydrogen (secondary N) is 1. The zero-order chi connectivity index (χ0) is 17.8. The molecule has 6 nitrogen and oxygen atoms in total. The van der Waals surface area contributed by atoms with Gasteiger partial charge in [-0.2, -0.15) is 0 Å². The molecule has 1 aromatic carbocycles. The Morgan fingerprint density at radius 2 is 2.04 bits per heavy atom. The molecule has 0 bridgehead atoms. The Morgan fingerprint density at radius 3 is 2.68 bits per heavy atom. The molecular formula is C19H24N2O4. The van der Waals surface area contributed by atoms with E-state index in [1.807, 2.05) is 19.0 Å². The van der Waals surface area contributed by atoms with Crippen molar-refractivity contribution < 1.29 is 19.1 Å². The molecule has 0 saturated heterocycles. The van der Waals surface area contributed by atoms with Gasteiger partial charge in [-0.25, -0.2) is 0 Å². The van der Waals surface area contributed by atoms with Crippen LogP contribution in [0.2, 0.25) is 0 Å². The third-order valence-corrected chi connectivity index (χ3v) is 4.02. The number of carbonyl (C=O) groups is 1. The molecule has 1 saturated carbocycles. The molecule has 134 valence electrons. The van der Waals surface area contributed by atoms with Crippen LogP contribution in [-0.2, 0) is 0 Å². The number of furan rings is 1. The molecule has 1 unspecified atom stereocenters. The van der Waals surface area contributed by atoms with Gasteiger partial charge in [0, 0.05) is 18.2 Å². The smallest absolute Gasteiger partial charge is 0.259 e. The molecule has 1 heterocycles. The van der Waals surface area contributed by atoms with Gasteiger partial charge in [0.2, 0.25) is 0 Å². The summed E-state index contributed by atoms with van der Waals surface area (Å²) in [5.74, 6) is 1.66. The SMILES string of the molecule is CN(C)CC(O)COc1ccc(NC(=O)c2ccoc2C2CC2)cc1. The van der Waals surface area contributed by atoms with Crippen molar-refractivity contribution in [2.75, 3.05) is 32.6 Å². The van der Waals surface area contributed by atoms with Crippen molar-refractivity contribution in [2.45, 2.75) is 24.9 Å². The van der Waals surface area contributed by atoms with E-state index in [0.29, 0.717) is 29.5 Å². The van der Waals surface area contributed by atoms with Crippen molar-refractivity contribution in [3.63, 3.8) is 0 Å². The van der Waals surface area contributed by atoms with E-state index in [9.17, 15) is 9.90 Å². The molecule has 0 aliphatic heterocycles. The van der Waals surface area contributed by atoms with Gasteiger partial charge in [0.15, 0.2) is 0 Å². The van der Waals surface area contributed by atoms with Crippen LogP contribution in [0.15, 0.2) is 41.0 Å². The molecule has 1 aliphatic carbocycles. The molecule has 1 fully saturated rings. The van der Waals surface area contributed by atoms with Gasteiger partial charge in [0.25, 0.3) is 5.91 Å². The van der Waals surface area contributed by atoms with E-state index < -0.39 is 6.10 Å². The molecule has 1 atom stereocenters. The molecule has 0 spiro atoms. The van der Waals surface area contributed by atoms with E-state index in [1.165, 1.54) is 0 Å². The van der Waals surface area contributed by atoms with E-state index >= 15 is 0 Å². The number of aliphatic hydroxyl groups is 1. The predicted octanol–water partition coefficient (Wildman–Crippen LogP) is 2.71. The number of rotatable bonds is 8. The lowest BCUT2D eigenvalue weighted by Crippen LogP contribution is -2.30. The van der Waals surface area contributed by atoms with Crippen LogP contribution in [0, 0.1) is 0 Å². The number of ether oxygens (including phenoxy) is 1. The first-order valence-electron chi connectivity index (χ1n) is 8.47. The first-order valence-corrected chi connectivity index (χ1v) is 8.47. The first kappa shape index (κ1) is 17.5. The Labute approximate surface area is 147 Å². The number of hydrogen-bond acceptors (Lipinski definition) is 5. The summed E-state index contributed by atoms with van der Waals surface area (Å²) in [4.78, 5) is 14.3. The highest BCUT2D eigenvalue weighted by Crippen LogP contribution is 2.42. The highest BCUT2D eigenvalue weighted by atomic mass is 16.5. The van der Waals surface area contributed by atoms with Gasteiger partial charge in [-0.05, 0) is 57.3 Å². The lowest BCUT2D eigenvalue weighted by atomic mass is 10.1. The zero-order valence-corrected chi connectivity index (χ0v) is 14.6. The van der Waals surface area contributed by atoms with Gasteiger partial charge in [0.1, 0.15) is 24.2 Å². The maximum Gasteiger partial charge on any atom is 0.259 e. The maximum absolute atomic E-state index is 12.4. The number of benzene rings is 1. The molecule has 1 aromatic heterocycles. The molecule has 0 radical (unpaired) electrons. The van der Waals surface area contributed by atoms with Crippen molar-refractivity contribution in [2.24, 2.45) is 0 Å². The summed E-state index contributed by atoms with van der Waals surface area (Å²) in [6.07, 6.45) is 3.19. The Hall–Kier alpha value is -2.31. The third-order valence-electron chi connectivity index (χ3n) is 4.02. The maximum atomic E-state index is 12.4. The van der Waals surface area contributed by atoms with Crippen molar-refractivity contribution >= 4 is 11.6 Å². The molecule has 1 aliphatic rings. The number of likely N-dealkylation sites (N-methyl/N-ethyl adjacent to an activating group) is 1. The Balaban J connectivity index is 1.53. The molecule has 3 rings (SSSR count). The Bertz CT molecular complexity index is 704. The quantitative estimate of drug-likeness (QED) is 0.770. The second-order valence-electron chi connectivity index (χ2n) is 6.68. The fraction of sp³-hybridized carbons (Fsp3) is 0.421. The van der Waals surface area contributed by atoms with Crippen molar-refractivity contribution in [1.82, 2.24) is 4.90 Å². The van der Waals surface area contributed by atoms with Crippen LogP contribution < -0.4 is 10.1 Å². The normalized spacial score (nSPS) is 15.2. The van der Waals surface area contributed by atoms with Gasteiger partial charge in [0.05, 0.1) is 11.8 Å². The fourth-order valence-corrected chi connectivity index (χ4v) is 2.67. The van der Waals surface area contributed by atoms with Gasteiger partial charge < -0.3 is 24.5 Å². The van der Waals surface area contributed by atoms with E-state index in [1.54, 1.807) is 36.6 Å². The standard InChI is InChI=1S/C19H24N2O4/c1-21(2)11-15(22)12-25-16-7-5-14(6-8-16)20-19(23)17-9-10-24-18(17)13-3-4-13/h5-10,13,15,22H,3-4,11-12H2,1-2H3,(H,20,23). The summed E-state index contributed by atoms with van der Waals surface area (Å²) in [5.41, 5.74) is 1.30. The summed E-state index contributed by atoms with van der Waals surface area (Å²) in [6.45, 7) is 0.770. The van der Waals surface area contributed by atoms with Gasteiger partial charge >= 0.3 is 0 Å². The number of anilines is 1. The van der Waals surface area contributed by atoms with Gasteiger partial charge in [-0.1, -0.05) is 0 Å². The van der Waals surface area contributed by atoms with Crippen LogP contribution in [0.5, 0.6) is 5.75 Å². The number of hydrogen-bond donors (Lipinski definition) is 2. The van der Waals surface area contributed by atoms with Crippen LogP contribution in [0.4, 0.5) is 5.69 Å². The Kier molecular flexibility index (Phi) is 5.40. The second-order valence-corrected chi connectivity index (χ2v) is 6.68. The van der Waals surface area contributed by atoms with Gasteiger partial charge in [-0.15, -0.1) is 0 Å². The number of carbonyl (C=O) groups excluding carboxylic acids is 1. The van der Waals surface area contributed by atoms with Crippen LogP contribution in [0.25, 0.3) is 0 Å². The summed E-state index contributed by atoms with van der Waals surface area (Å²) in [6, 6.07) is 8.82. The average Bonchev–Trinajstić information content (AvgIpc) is 3.30. The van der Waals surface area contributed by atoms with Crippen LogP contribution in [0.3, 0.4) is 0 Å². The minimum absolute atomic E-state index is 0.161. The van der Waals surface area contributed by atoms with Crippen LogP contribution >= 0.6 is 0 Å². The summed E-state index contributed by atoms with van der Waals surface area (Å²) in [5, 5.41) is 12.7. The largest absolute Gasteiger partial charge is 0.491 e. The van der Waals surface area contributed by atoms with E-state index in [2.05, 4.69) is 5.32 Å². The van der Waals surface area contributed by atoms with Gasteiger partial charge in [-0.3, -0.25) is 4.79 Å². The number of nitrogens with zero attached hydrogens (tertiary/aromatic N) is 1. The third kappa shape index (κ3) is 4.84. The fourth-order valence-electron chi connectivity index (χ4n) is 2.67. The van der Waals surface area contributed by atoms with Crippen LogP contribution in [0.1, 0.15) is 34.9 Å². The molecule has 2 N–H and O–H groups in total. The molecule has 2 aromatic rings. The van der Waals surface area contributed by atoms with Crippen molar-refractivity contribution in [3.8, 4) is 5.75 Å². The minimum atomic E-state index is -0.545. The van der Waals surface area contributed by atoms with E-state index in [0.717, 1.165) is 18.6 Å². The topological polar surface area (TPSA) is 74.9 Å². The number of amides is 1. The summed E-state index contributed by atoms with van der Waals surface area (Å²) >= 11 is 0. The molecule has 25 heavy (non-hydrogen) atoms. The van der Waals surface area contributed by atoms with E-state index in [4.69, 9.17) is 9.15 Å². The predicted molar refractivity (Wildman–Crippen MR) is 95.1 cm³/mol. The highest BCUT2D eigenvalue weighted by molar-refractivity contribution is 6.05. The first-order chi connectivity index (χ1) is 12.0. The van der Waals surface area contributed by atoms with Crippen molar-refractivity contribution in [1.29, 1.82) is 0 Å². The molecular weight excluding hydrogens is 320 g/mol. The average molecular weight is 344 g/mol. The zero-order valence-electron chi connectivity index (χ0n) is 14.6. The monoisotopic (exact) mass is 344 g/mol. The highest BCUT2D eigenvalue weighted by Gasteiger charge is 2.31. The van der Waals surface area contributed by atoms with Crippen LogP contribution in [-0.4, -0.2) is 49.3 Å².